The molecule has 25 heavy (non-hydrogen) atoms. The van der Waals surface area contributed by atoms with Gasteiger partial charge in [-0.25, -0.2) is 4.79 Å². The summed E-state index contributed by atoms with van der Waals surface area (Å²) >= 11 is 4.88. The van der Waals surface area contributed by atoms with E-state index in [1.54, 1.807) is 6.92 Å². The fourth-order valence-corrected chi connectivity index (χ4v) is 3.38. The molecule has 1 aliphatic heterocycles. The molecule has 1 aliphatic rings. The molecule has 3 unspecified atom stereocenters. The van der Waals surface area contributed by atoms with Gasteiger partial charge in [-0.05, 0) is 25.2 Å². The highest BCUT2D eigenvalue weighted by Gasteiger charge is 2.43. The molecular weight excluding hydrogens is 371 g/mol. The summed E-state index contributed by atoms with van der Waals surface area (Å²) in [4.78, 5) is 35.9. The topological polar surface area (TPSA) is 112 Å². The second-order valence-corrected chi connectivity index (χ2v) is 8.58. The summed E-state index contributed by atoms with van der Waals surface area (Å²) < 4.78 is 23.0. The quantitative estimate of drug-likeness (QED) is 0.492. The summed E-state index contributed by atoms with van der Waals surface area (Å²) in [5.41, 5.74) is -0.703. The maximum absolute atomic E-state index is 12.1. The number of nitrogens with zero attached hydrogens (tertiary/aromatic N) is 1. The zero-order valence-corrected chi connectivity index (χ0v) is 16.0. The zero-order chi connectivity index (χ0) is 18.6. The Morgan fingerprint density at radius 2 is 2.24 bits per heavy atom. The maximum atomic E-state index is 12.1. The number of aryl methyl sites for hydroxylation is 1. The summed E-state index contributed by atoms with van der Waals surface area (Å²) in [6.07, 6.45) is 0.966. The van der Waals surface area contributed by atoms with Crippen LogP contribution in [0.4, 0.5) is 0 Å². The van der Waals surface area contributed by atoms with E-state index in [2.05, 4.69) is 4.98 Å². The number of aromatic nitrogens is 2. The monoisotopic (exact) mass is 394 g/mol. The summed E-state index contributed by atoms with van der Waals surface area (Å²) in [6, 6.07) is 0. The largest absolute Gasteiger partial charge is 0.371 e. The van der Waals surface area contributed by atoms with E-state index in [1.165, 1.54) is 17.9 Å². The SMILES string of the molecule is CCCCOC1C(OP(O)(=S)OC)CO[C@H]1n1cc(C)c(=O)[nH]c1=O. The third-order valence-electron chi connectivity index (χ3n) is 3.81. The lowest BCUT2D eigenvalue weighted by atomic mass is 10.2. The average Bonchev–Trinajstić information content (AvgIpc) is 2.93. The number of unbranched alkanes of at least 4 members (excludes halogenated alkanes) is 1. The Morgan fingerprint density at radius 3 is 2.88 bits per heavy atom. The van der Waals surface area contributed by atoms with Gasteiger partial charge >= 0.3 is 12.4 Å². The zero-order valence-electron chi connectivity index (χ0n) is 14.3. The molecule has 1 saturated heterocycles. The van der Waals surface area contributed by atoms with E-state index >= 15 is 0 Å². The number of nitrogens with one attached hydrogen (secondary N) is 1. The molecular formula is C14H23N2O7PS. The molecule has 2 heterocycles. The van der Waals surface area contributed by atoms with Crippen LogP contribution in [0.5, 0.6) is 0 Å². The number of hydrogen-bond acceptors (Lipinski definition) is 7. The van der Waals surface area contributed by atoms with E-state index < -0.39 is 36.4 Å². The van der Waals surface area contributed by atoms with Gasteiger partial charge in [0.25, 0.3) is 5.56 Å². The van der Waals surface area contributed by atoms with E-state index in [1.807, 2.05) is 6.92 Å². The fourth-order valence-electron chi connectivity index (χ4n) is 2.44. The number of ether oxygens (including phenoxy) is 2. The van der Waals surface area contributed by atoms with Crippen molar-refractivity contribution in [2.45, 2.75) is 45.1 Å². The fraction of sp³-hybridized carbons (Fsp3) is 0.714. The molecule has 0 aliphatic carbocycles. The van der Waals surface area contributed by atoms with Crippen molar-refractivity contribution in [2.75, 3.05) is 20.3 Å². The summed E-state index contributed by atoms with van der Waals surface area (Å²) in [7, 11) is 1.26. The Kier molecular flexibility index (Phi) is 7.10. The summed E-state index contributed by atoms with van der Waals surface area (Å²) in [5.74, 6) is 0. The van der Waals surface area contributed by atoms with Crippen molar-refractivity contribution in [3.05, 3.63) is 32.6 Å². The highest BCUT2D eigenvalue weighted by Crippen LogP contribution is 2.46. The Morgan fingerprint density at radius 1 is 1.52 bits per heavy atom. The molecule has 9 nitrogen and oxygen atoms in total. The molecule has 0 aromatic carbocycles. The van der Waals surface area contributed by atoms with Crippen LogP contribution in [-0.4, -0.2) is 47.0 Å². The van der Waals surface area contributed by atoms with Gasteiger partial charge in [-0.2, -0.15) is 0 Å². The standard InChI is InChI=1S/C14H23N2O7PS/c1-4-5-6-21-11-10(23-24(19,25)20-3)8-22-13(11)16-7-9(2)12(17)15-14(16)18/h7,10-11,13H,4-6,8H2,1-3H3,(H,19,25)(H,15,17,18)/t10?,11?,13-,24?/m1/s1. The smallest absolute Gasteiger partial charge is 0.330 e. The van der Waals surface area contributed by atoms with E-state index in [-0.39, 0.29) is 6.61 Å². The Bertz CT molecular complexity index is 749. The third kappa shape index (κ3) is 5.07. The summed E-state index contributed by atoms with van der Waals surface area (Å²) in [5, 5.41) is 0. The van der Waals surface area contributed by atoms with E-state index in [4.69, 9.17) is 30.3 Å². The molecule has 4 atom stereocenters. The second-order valence-electron chi connectivity index (χ2n) is 5.69. The molecule has 1 aromatic rings. The highest BCUT2D eigenvalue weighted by atomic mass is 32.5. The van der Waals surface area contributed by atoms with E-state index in [0.717, 1.165) is 12.8 Å². The van der Waals surface area contributed by atoms with Crippen molar-refractivity contribution in [1.29, 1.82) is 0 Å². The summed E-state index contributed by atoms with van der Waals surface area (Å²) in [6.45, 7) is 0.684. The molecule has 0 bridgehead atoms. The van der Waals surface area contributed by atoms with Gasteiger partial charge < -0.3 is 23.4 Å². The molecule has 0 saturated carbocycles. The molecule has 0 spiro atoms. The first-order valence-electron chi connectivity index (χ1n) is 7.91. The molecule has 11 heteroatoms. The first kappa shape index (κ1) is 20.4. The van der Waals surface area contributed by atoms with Crippen molar-refractivity contribution < 1.29 is 23.4 Å². The molecule has 1 fully saturated rings. The van der Waals surface area contributed by atoms with Crippen LogP contribution in [0.3, 0.4) is 0 Å². The minimum atomic E-state index is -3.42. The molecule has 2 N–H and O–H groups in total. The Balaban J connectivity index is 2.30. The van der Waals surface area contributed by atoms with Crippen LogP contribution in [0.15, 0.2) is 15.8 Å². The lowest BCUT2D eigenvalue weighted by Gasteiger charge is -2.26. The minimum Gasteiger partial charge on any atom is -0.371 e. The van der Waals surface area contributed by atoms with Crippen molar-refractivity contribution in [2.24, 2.45) is 0 Å². The van der Waals surface area contributed by atoms with Crippen LogP contribution in [0.1, 0.15) is 31.6 Å². The predicted molar refractivity (Wildman–Crippen MR) is 94.1 cm³/mol. The molecule has 0 radical (unpaired) electrons. The average molecular weight is 394 g/mol. The maximum Gasteiger partial charge on any atom is 0.330 e. The predicted octanol–water partition coefficient (Wildman–Crippen LogP) is 0.808. The lowest BCUT2D eigenvalue weighted by molar-refractivity contribution is -0.0651. The second kappa shape index (κ2) is 8.68. The van der Waals surface area contributed by atoms with Gasteiger partial charge in [0.1, 0.15) is 12.2 Å². The number of rotatable bonds is 8. The van der Waals surface area contributed by atoms with Gasteiger partial charge in [-0.1, -0.05) is 13.3 Å². The number of H-pyrrole nitrogens is 1. The minimum absolute atomic E-state index is 0.0639. The molecule has 142 valence electrons. The van der Waals surface area contributed by atoms with Gasteiger partial charge in [0.2, 0.25) is 0 Å². The number of hydrogen-bond donors (Lipinski definition) is 2. The van der Waals surface area contributed by atoms with Gasteiger partial charge in [0.15, 0.2) is 6.23 Å². The van der Waals surface area contributed by atoms with Gasteiger partial charge in [-0.3, -0.25) is 14.3 Å². The first-order chi connectivity index (χ1) is 11.8. The van der Waals surface area contributed by atoms with Crippen LogP contribution in [-0.2, 0) is 30.3 Å². The van der Waals surface area contributed by atoms with Crippen LogP contribution >= 0.6 is 6.72 Å². The lowest BCUT2D eigenvalue weighted by Crippen LogP contribution is -2.40. The Hall–Kier alpha value is -0.870. The van der Waals surface area contributed by atoms with E-state index in [0.29, 0.717) is 12.2 Å². The molecule has 1 aromatic heterocycles. The Labute approximate surface area is 150 Å². The van der Waals surface area contributed by atoms with Gasteiger partial charge in [-0.15, -0.1) is 0 Å². The van der Waals surface area contributed by atoms with Crippen molar-refractivity contribution >= 4 is 18.5 Å². The molecule has 2 rings (SSSR count). The van der Waals surface area contributed by atoms with Crippen LogP contribution in [0, 0.1) is 6.92 Å². The van der Waals surface area contributed by atoms with Crippen molar-refractivity contribution in [3.63, 3.8) is 0 Å². The number of aromatic amines is 1. The molecule has 0 amide bonds. The van der Waals surface area contributed by atoms with E-state index in [9.17, 15) is 14.5 Å². The van der Waals surface area contributed by atoms with Gasteiger partial charge in [0.05, 0.1) is 6.61 Å². The van der Waals surface area contributed by atoms with Crippen LogP contribution in [0.2, 0.25) is 0 Å². The highest BCUT2D eigenvalue weighted by molar-refractivity contribution is 8.07. The van der Waals surface area contributed by atoms with Crippen LogP contribution in [0.25, 0.3) is 0 Å². The van der Waals surface area contributed by atoms with Crippen molar-refractivity contribution in [1.82, 2.24) is 9.55 Å². The van der Waals surface area contributed by atoms with Crippen molar-refractivity contribution in [3.8, 4) is 0 Å². The van der Waals surface area contributed by atoms with Gasteiger partial charge in [0, 0.05) is 25.5 Å². The van der Waals surface area contributed by atoms with Crippen LogP contribution < -0.4 is 11.2 Å². The normalized spacial score (nSPS) is 25.8. The first-order valence-corrected chi connectivity index (χ1v) is 10.5. The third-order valence-corrected chi connectivity index (χ3v) is 5.51.